The molecule has 0 spiro atoms. The van der Waals surface area contributed by atoms with Gasteiger partial charge in [0.25, 0.3) is 0 Å². The Morgan fingerprint density at radius 3 is 2.06 bits per heavy atom. The number of hydrogen-bond donors (Lipinski definition) is 2. The number of aliphatic hydroxyl groups excluding tert-OH is 2. The Kier molecular flexibility index (Phi) is 4.36. The Hall–Kier alpha value is -1.36. The van der Waals surface area contributed by atoms with Crippen molar-refractivity contribution in [2.75, 3.05) is 0 Å². The summed E-state index contributed by atoms with van der Waals surface area (Å²) in [6, 6.07) is 12.7. The first-order chi connectivity index (χ1) is 8.72. The molecule has 0 unspecified atom stereocenters. The lowest BCUT2D eigenvalue weighted by Crippen LogP contribution is -1.89. The Balaban J connectivity index is 2.17. The van der Waals surface area contributed by atoms with Gasteiger partial charge in [0.15, 0.2) is 0 Å². The van der Waals surface area contributed by atoms with Crippen molar-refractivity contribution in [1.29, 1.82) is 0 Å². The minimum Gasteiger partial charge on any atom is -0.456 e. The first-order valence-electron chi connectivity index (χ1n) is 5.50. The molecule has 2 aromatic carbocycles. The largest absolute Gasteiger partial charge is 0.456 e. The van der Waals surface area contributed by atoms with Gasteiger partial charge in [-0.25, -0.2) is 0 Å². The third-order valence-electron chi connectivity index (χ3n) is 2.51. The van der Waals surface area contributed by atoms with Gasteiger partial charge in [0, 0.05) is 0 Å². The summed E-state index contributed by atoms with van der Waals surface area (Å²) < 4.78 is 6.49. The molecule has 0 atom stereocenters. The average molecular weight is 309 g/mol. The molecule has 0 aliphatic heterocycles. The van der Waals surface area contributed by atoms with Crippen molar-refractivity contribution in [2.45, 2.75) is 13.2 Å². The molecule has 0 saturated carbocycles. The van der Waals surface area contributed by atoms with E-state index in [9.17, 15) is 0 Å². The molecule has 0 amide bonds. The van der Waals surface area contributed by atoms with Crippen LogP contribution in [0.2, 0.25) is 0 Å². The number of ether oxygens (including phenoxy) is 1. The number of halogens is 1. The van der Waals surface area contributed by atoms with E-state index in [4.69, 9.17) is 14.9 Å². The first-order valence-corrected chi connectivity index (χ1v) is 6.29. The fourth-order valence-corrected chi connectivity index (χ4v) is 2.02. The molecule has 0 heterocycles. The van der Waals surface area contributed by atoms with Gasteiger partial charge in [0.2, 0.25) is 0 Å². The minimum absolute atomic E-state index is 0.00404. The standard InChI is InChI=1S/C14H13BrO3/c15-13-7-11(9-17)3-6-14(13)18-12-4-1-10(8-16)2-5-12/h1-7,16-17H,8-9H2. The van der Waals surface area contributed by atoms with Crippen LogP contribution < -0.4 is 4.74 Å². The highest BCUT2D eigenvalue weighted by Crippen LogP contribution is 2.30. The van der Waals surface area contributed by atoms with Crippen molar-refractivity contribution in [3.8, 4) is 11.5 Å². The van der Waals surface area contributed by atoms with Crippen LogP contribution in [0.5, 0.6) is 11.5 Å². The highest BCUT2D eigenvalue weighted by molar-refractivity contribution is 9.10. The second-order valence-electron chi connectivity index (χ2n) is 3.83. The maximum atomic E-state index is 9.02. The number of hydrogen-bond acceptors (Lipinski definition) is 3. The molecule has 4 heteroatoms. The Bertz CT molecular complexity index is 523. The molecule has 18 heavy (non-hydrogen) atoms. The molecular formula is C14H13BrO3. The summed E-state index contributed by atoms with van der Waals surface area (Å²) in [6.07, 6.45) is 0. The van der Waals surface area contributed by atoms with Crippen LogP contribution in [0, 0.1) is 0 Å². The molecule has 0 bridgehead atoms. The summed E-state index contributed by atoms with van der Waals surface area (Å²) in [5, 5.41) is 18.0. The van der Waals surface area contributed by atoms with Gasteiger partial charge in [-0.3, -0.25) is 0 Å². The molecule has 0 aromatic heterocycles. The normalized spacial score (nSPS) is 10.4. The van der Waals surface area contributed by atoms with Crippen molar-refractivity contribution in [2.24, 2.45) is 0 Å². The van der Waals surface area contributed by atoms with E-state index in [1.807, 2.05) is 24.3 Å². The van der Waals surface area contributed by atoms with Crippen molar-refractivity contribution < 1.29 is 14.9 Å². The topological polar surface area (TPSA) is 49.7 Å². The number of aliphatic hydroxyl groups is 2. The maximum Gasteiger partial charge on any atom is 0.141 e. The molecular weight excluding hydrogens is 296 g/mol. The highest BCUT2D eigenvalue weighted by atomic mass is 79.9. The van der Waals surface area contributed by atoms with E-state index in [-0.39, 0.29) is 13.2 Å². The fraction of sp³-hybridized carbons (Fsp3) is 0.143. The highest BCUT2D eigenvalue weighted by Gasteiger charge is 2.04. The first kappa shape index (κ1) is 13.1. The predicted molar refractivity (Wildman–Crippen MR) is 72.5 cm³/mol. The van der Waals surface area contributed by atoms with E-state index in [1.54, 1.807) is 18.2 Å². The lowest BCUT2D eigenvalue weighted by Gasteiger charge is -2.09. The van der Waals surface area contributed by atoms with E-state index in [0.29, 0.717) is 11.5 Å². The molecule has 0 fully saturated rings. The van der Waals surface area contributed by atoms with Crippen LogP contribution in [0.4, 0.5) is 0 Å². The molecule has 94 valence electrons. The van der Waals surface area contributed by atoms with E-state index in [1.165, 1.54) is 0 Å². The van der Waals surface area contributed by atoms with Crippen LogP contribution in [-0.2, 0) is 13.2 Å². The molecule has 2 rings (SSSR count). The van der Waals surface area contributed by atoms with Gasteiger partial charge >= 0.3 is 0 Å². The van der Waals surface area contributed by atoms with Gasteiger partial charge in [-0.1, -0.05) is 18.2 Å². The summed E-state index contributed by atoms with van der Waals surface area (Å²) >= 11 is 3.40. The minimum atomic E-state index is 0.00404. The van der Waals surface area contributed by atoms with Gasteiger partial charge in [-0.2, -0.15) is 0 Å². The predicted octanol–water partition coefficient (Wildman–Crippen LogP) is 3.23. The Labute approximate surface area is 114 Å². The zero-order valence-electron chi connectivity index (χ0n) is 9.64. The lowest BCUT2D eigenvalue weighted by atomic mass is 10.2. The van der Waals surface area contributed by atoms with Crippen LogP contribution in [0.1, 0.15) is 11.1 Å². The molecule has 2 N–H and O–H groups in total. The molecule has 3 nitrogen and oxygen atoms in total. The fourth-order valence-electron chi connectivity index (χ4n) is 1.52. The average Bonchev–Trinajstić information content (AvgIpc) is 2.42. The van der Waals surface area contributed by atoms with Crippen LogP contribution >= 0.6 is 15.9 Å². The summed E-state index contributed by atoms with van der Waals surface area (Å²) in [5.74, 6) is 1.38. The van der Waals surface area contributed by atoms with Gasteiger partial charge in [-0.05, 0) is 51.3 Å². The Morgan fingerprint density at radius 1 is 0.889 bits per heavy atom. The lowest BCUT2D eigenvalue weighted by molar-refractivity contribution is 0.281. The van der Waals surface area contributed by atoms with Crippen molar-refractivity contribution >= 4 is 15.9 Å². The summed E-state index contributed by atoms with van der Waals surface area (Å²) in [7, 11) is 0. The summed E-state index contributed by atoms with van der Waals surface area (Å²) in [5.41, 5.74) is 1.67. The number of rotatable bonds is 4. The second-order valence-corrected chi connectivity index (χ2v) is 4.68. The van der Waals surface area contributed by atoms with Gasteiger partial charge in [0.05, 0.1) is 17.7 Å². The summed E-state index contributed by atoms with van der Waals surface area (Å²) in [4.78, 5) is 0. The van der Waals surface area contributed by atoms with E-state index in [2.05, 4.69) is 15.9 Å². The number of benzene rings is 2. The zero-order chi connectivity index (χ0) is 13.0. The quantitative estimate of drug-likeness (QED) is 0.911. The second kappa shape index (κ2) is 6.00. The molecule has 0 aliphatic carbocycles. The molecule has 0 saturated heterocycles. The monoisotopic (exact) mass is 308 g/mol. The smallest absolute Gasteiger partial charge is 0.141 e. The van der Waals surface area contributed by atoms with Crippen molar-refractivity contribution in [3.63, 3.8) is 0 Å². The van der Waals surface area contributed by atoms with Crippen molar-refractivity contribution in [1.82, 2.24) is 0 Å². The van der Waals surface area contributed by atoms with E-state index in [0.717, 1.165) is 15.6 Å². The van der Waals surface area contributed by atoms with Crippen LogP contribution in [0.25, 0.3) is 0 Å². The maximum absolute atomic E-state index is 9.02. The van der Waals surface area contributed by atoms with Crippen molar-refractivity contribution in [3.05, 3.63) is 58.1 Å². The van der Waals surface area contributed by atoms with Crippen LogP contribution in [0.3, 0.4) is 0 Å². The van der Waals surface area contributed by atoms with Gasteiger partial charge < -0.3 is 14.9 Å². The molecule has 0 aliphatic rings. The Morgan fingerprint density at radius 2 is 1.50 bits per heavy atom. The van der Waals surface area contributed by atoms with Crippen LogP contribution in [-0.4, -0.2) is 10.2 Å². The SMILES string of the molecule is OCc1ccc(Oc2ccc(CO)cc2Br)cc1. The zero-order valence-corrected chi connectivity index (χ0v) is 11.2. The third-order valence-corrected chi connectivity index (χ3v) is 3.13. The molecule has 0 radical (unpaired) electrons. The van der Waals surface area contributed by atoms with E-state index >= 15 is 0 Å². The van der Waals surface area contributed by atoms with Crippen LogP contribution in [0.15, 0.2) is 46.9 Å². The van der Waals surface area contributed by atoms with Gasteiger partial charge in [-0.15, -0.1) is 0 Å². The molecule has 2 aromatic rings. The summed E-state index contributed by atoms with van der Waals surface area (Å²) in [6.45, 7) is 0.0270. The van der Waals surface area contributed by atoms with Gasteiger partial charge in [0.1, 0.15) is 11.5 Å². The third kappa shape index (κ3) is 3.10. The van der Waals surface area contributed by atoms with E-state index < -0.39 is 0 Å².